The number of anilines is 1. The Balaban J connectivity index is 1.91. The Hall–Kier alpha value is -2.13. The van der Waals surface area contributed by atoms with Crippen LogP contribution in [-0.4, -0.2) is 4.98 Å². The minimum absolute atomic E-state index is 0.321. The van der Waals surface area contributed by atoms with Crippen LogP contribution in [0.25, 0.3) is 10.8 Å². The molecular weight excluding hydrogens is 275 g/mol. The molecule has 0 spiro atoms. The van der Waals surface area contributed by atoms with Crippen LogP contribution in [0.5, 0.6) is 0 Å². The van der Waals surface area contributed by atoms with E-state index in [-0.39, 0.29) is 5.82 Å². The summed E-state index contributed by atoms with van der Waals surface area (Å²) < 4.78 is 13.7. The normalized spacial score (nSPS) is 10.7. The highest BCUT2D eigenvalue weighted by Gasteiger charge is 2.07. The Morgan fingerprint density at radius 2 is 1.90 bits per heavy atom. The highest BCUT2D eigenvalue weighted by Crippen LogP contribution is 2.26. The maximum absolute atomic E-state index is 13.7. The number of nitrogens with zero attached hydrogens (tertiary/aromatic N) is 1. The van der Waals surface area contributed by atoms with Crippen molar-refractivity contribution in [3.63, 3.8) is 0 Å². The molecule has 4 heteroatoms. The van der Waals surface area contributed by atoms with Gasteiger partial charge in [-0.15, -0.1) is 0 Å². The summed E-state index contributed by atoms with van der Waals surface area (Å²) in [6.07, 6.45) is 3.60. The molecule has 0 bridgehead atoms. The third-order valence-corrected chi connectivity index (χ3v) is 3.48. The van der Waals surface area contributed by atoms with Crippen LogP contribution < -0.4 is 5.32 Å². The van der Waals surface area contributed by atoms with E-state index in [2.05, 4.69) is 10.3 Å². The van der Waals surface area contributed by atoms with E-state index >= 15 is 0 Å². The van der Waals surface area contributed by atoms with E-state index in [1.54, 1.807) is 18.3 Å². The van der Waals surface area contributed by atoms with Crippen LogP contribution in [0.3, 0.4) is 0 Å². The van der Waals surface area contributed by atoms with E-state index in [9.17, 15) is 4.39 Å². The monoisotopic (exact) mass is 286 g/mol. The Morgan fingerprint density at radius 1 is 1.05 bits per heavy atom. The fourth-order valence-electron chi connectivity index (χ4n) is 2.17. The van der Waals surface area contributed by atoms with Crippen molar-refractivity contribution in [1.29, 1.82) is 0 Å². The number of fused-ring (bicyclic) bond motifs is 1. The van der Waals surface area contributed by atoms with Crippen molar-refractivity contribution in [2.45, 2.75) is 6.54 Å². The van der Waals surface area contributed by atoms with Gasteiger partial charge in [-0.3, -0.25) is 4.98 Å². The number of benzene rings is 2. The van der Waals surface area contributed by atoms with Gasteiger partial charge < -0.3 is 5.32 Å². The predicted molar refractivity (Wildman–Crippen MR) is 80.5 cm³/mol. The van der Waals surface area contributed by atoms with Crippen molar-refractivity contribution in [2.75, 3.05) is 5.32 Å². The molecule has 0 saturated heterocycles. The van der Waals surface area contributed by atoms with Gasteiger partial charge in [0.1, 0.15) is 5.82 Å². The molecule has 100 valence electrons. The van der Waals surface area contributed by atoms with E-state index < -0.39 is 0 Å². The van der Waals surface area contributed by atoms with Gasteiger partial charge in [-0.2, -0.15) is 0 Å². The van der Waals surface area contributed by atoms with Crippen LogP contribution in [0.15, 0.2) is 54.9 Å². The maximum atomic E-state index is 13.7. The van der Waals surface area contributed by atoms with Gasteiger partial charge in [0.2, 0.25) is 0 Å². The summed E-state index contributed by atoms with van der Waals surface area (Å²) in [5.41, 5.74) is 1.32. The molecule has 0 unspecified atom stereocenters. The van der Waals surface area contributed by atoms with Crippen molar-refractivity contribution < 1.29 is 4.39 Å². The summed E-state index contributed by atoms with van der Waals surface area (Å²) in [4.78, 5) is 4.20. The Kier molecular flexibility index (Phi) is 3.52. The molecule has 1 heterocycles. The van der Waals surface area contributed by atoms with Gasteiger partial charge >= 0.3 is 0 Å². The van der Waals surface area contributed by atoms with Crippen LogP contribution in [0.1, 0.15) is 5.56 Å². The molecule has 1 N–H and O–H groups in total. The smallest absolute Gasteiger partial charge is 0.147 e. The Labute approximate surface area is 121 Å². The fourth-order valence-corrected chi connectivity index (χ4v) is 2.40. The first-order valence-electron chi connectivity index (χ1n) is 6.25. The number of hydrogen-bond donors (Lipinski definition) is 1. The van der Waals surface area contributed by atoms with Crippen molar-refractivity contribution in [3.05, 3.63) is 71.3 Å². The summed E-state index contributed by atoms with van der Waals surface area (Å²) in [7, 11) is 0. The summed E-state index contributed by atoms with van der Waals surface area (Å²) in [6.45, 7) is 0.467. The predicted octanol–water partition coefficient (Wildman–Crippen LogP) is 4.64. The van der Waals surface area contributed by atoms with Crippen molar-refractivity contribution in [3.8, 4) is 0 Å². The topological polar surface area (TPSA) is 24.9 Å². The lowest BCUT2D eigenvalue weighted by atomic mass is 10.1. The lowest BCUT2D eigenvalue weighted by molar-refractivity contribution is 0.630. The van der Waals surface area contributed by atoms with Gasteiger partial charge in [0.25, 0.3) is 0 Å². The van der Waals surface area contributed by atoms with Gasteiger partial charge in [-0.05, 0) is 23.1 Å². The van der Waals surface area contributed by atoms with Crippen LogP contribution in [0, 0.1) is 5.82 Å². The molecule has 20 heavy (non-hydrogen) atoms. The van der Waals surface area contributed by atoms with Crippen molar-refractivity contribution >= 4 is 28.1 Å². The number of rotatable bonds is 3. The molecule has 3 aromatic rings. The van der Waals surface area contributed by atoms with E-state index in [1.165, 1.54) is 6.07 Å². The molecule has 2 aromatic carbocycles. The minimum Gasteiger partial charge on any atom is -0.377 e. The lowest BCUT2D eigenvalue weighted by Crippen LogP contribution is -2.03. The summed E-state index contributed by atoms with van der Waals surface area (Å²) in [5, 5.41) is 5.58. The molecule has 0 saturated carbocycles. The second-order valence-corrected chi connectivity index (χ2v) is 4.88. The zero-order valence-electron chi connectivity index (χ0n) is 10.6. The number of para-hydroxylation sites is 1. The fraction of sp³-hybridized carbons (Fsp3) is 0.0625. The quantitative estimate of drug-likeness (QED) is 0.759. The van der Waals surface area contributed by atoms with Gasteiger partial charge in [-0.25, -0.2) is 4.39 Å². The van der Waals surface area contributed by atoms with Crippen LogP contribution in [0.2, 0.25) is 5.02 Å². The number of halogens is 2. The first-order valence-corrected chi connectivity index (χ1v) is 6.63. The van der Waals surface area contributed by atoms with E-state index in [1.807, 2.05) is 30.5 Å². The summed E-state index contributed by atoms with van der Waals surface area (Å²) in [6, 6.07) is 12.6. The average molecular weight is 287 g/mol. The second-order valence-electron chi connectivity index (χ2n) is 4.47. The lowest BCUT2D eigenvalue weighted by Gasteiger charge is -2.11. The first kappa shape index (κ1) is 12.9. The summed E-state index contributed by atoms with van der Waals surface area (Å²) in [5.74, 6) is -0.356. The molecule has 0 aliphatic carbocycles. The molecule has 0 aliphatic rings. The Bertz CT molecular complexity index is 733. The zero-order valence-corrected chi connectivity index (χ0v) is 11.4. The highest BCUT2D eigenvalue weighted by molar-refractivity contribution is 6.33. The van der Waals surface area contributed by atoms with Crippen LogP contribution >= 0.6 is 11.6 Å². The van der Waals surface area contributed by atoms with Crippen LogP contribution in [0.4, 0.5) is 10.1 Å². The van der Waals surface area contributed by atoms with Gasteiger partial charge in [0, 0.05) is 24.3 Å². The van der Waals surface area contributed by atoms with Crippen molar-refractivity contribution in [1.82, 2.24) is 4.98 Å². The standard InChI is InChI=1S/C16H12ClFN2/c17-14-6-3-7-15(18)16(14)20-10-12-9-19-8-11-4-1-2-5-13(11)12/h1-9,20H,10H2. The average Bonchev–Trinajstić information content (AvgIpc) is 2.47. The number of hydrogen-bond acceptors (Lipinski definition) is 2. The molecule has 2 nitrogen and oxygen atoms in total. The van der Waals surface area contributed by atoms with Gasteiger partial charge in [0.15, 0.2) is 0 Å². The van der Waals surface area contributed by atoms with E-state index in [0.29, 0.717) is 17.3 Å². The number of pyridine rings is 1. The van der Waals surface area contributed by atoms with Crippen LogP contribution in [-0.2, 0) is 6.54 Å². The molecule has 1 aromatic heterocycles. The molecular formula is C16H12ClFN2. The van der Waals surface area contributed by atoms with E-state index in [0.717, 1.165) is 16.3 Å². The van der Waals surface area contributed by atoms with Crippen molar-refractivity contribution in [2.24, 2.45) is 0 Å². The van der Waals surface area contributed by atoms with Gasteiger partial charge in [-0.1, -0.05) is 41.9 Å². The second kappa shape index (κ2) is 5.47. The number of nitrogens with one attached hydrogen (secondary N) is 1. The maximum Gasteiger partial charge on any atom is 0.147 e. The molecule has 3 rings (SSSR count). The molecule has 0 amide bonds. The highest BCUT2D eigenvalue weighted by atomic mass is 35.5. The third kappa shape index (κ3) is 2.45. The first-order chi connectivity index (χ1) is 9.75. The largest absolute Gasteiger partial charge is 0.377 e. The SMILES string of the molecule is Fc1cccc(Cl)c1NCc1cncc2ccccc12. The Morgan fingerprint density at radius 3 is 2.75 bits per heavy atom. The molecule has 0 atom stereocenters. The van der Waals surface area contributed by atoms with Gasteiger partial charge in [0.05, 0.1) is 10.7 Å². The molecule has 0 radical (unpaired) electrons. The van der Waals surface area contributed by atoms with E-state index in [4.69, 9.17) is 11.6 Å². The summed E-state index contributed by atoms with van der Waals surface area (Å²) >= 11 is 6.00. The molecule has 0 aliphatic heterocycles. The zero-order chi connectivity index (χ0) is 13.9. The minimum atomic E-state index is -0.356. The molecule has 0 fully saturated rings. The third-order valence-electron chi connectivity index (χ3n) is 3.17. The number of aromatic nitrogens is 1.